The van der Waals surface area contributed by atoms with E-state index in [0.29, 0.717) is 23.4 Å². The van der Waals surface area contributed by atoms with Crippen molar-refractivity contribution in [3.8, 4) is 0 Å². The molecule has 4 atom stereocenters. The number of nitrogens with two attached hydrogens (primary N) is 1. The molecule has 28 heavy (non-hydrogen) atoms. The minimum Gasteiger partial charge on any atom is -0.462 e. The van der Waals surface area contributed by atoms with Crippen LogP contribution < -0.4 is 5.73 Å². The Morgan fingerprint density at radius 3 is 2.79 bits per heavy atom. The number of hydrogen-bond acceptors (Lipinski definition) is 8. The first-order chi connectivity index (χ1) is 13.0. The van der Waals surface area contributed by atoms with Gasteiger partial charge in [-0.25, -0.2) is 9.50 Å². The SMILES string of the molecule is CC(C)(C)CCC(=O)OC[C@@]1(C)O[C@@H](c2ccc3c(N)ncnn23)[C@H](O)[C@@H]1O. The summed E-state index contributed by atoms with van der Waals surface area (Å²) in [5.74, 6) is -0.0663. The van der Waals surface area contributed by atoms with E-state index in [1.54, 1.807) is 19.1 Å². The molecule has 2 aromatic heterocycles. The van der Waals surface area contributed by atoms with Crippen LogP contribution in [0, 0.1) is 5.41 Å². The smallest absolute Gasteiger partial charge is 0.305 e. The van der Waals surface area contributed by atoms with Gasteiger partial charge >= 0.3 is 5.97 Å². The van der Waals surface area contributed by atoms with Gasteiger partial charge in [0.2, 0.25) is 0 Å². The third-order valence-electron chi connectivity index (χ3n) is 5.06. The van der Waals surface area contributed by atoms with E-state index in [2.05, 4.69) is 10.1 Å². The normalized spacial score (nSPS) is 28.0. The Balaban J connectivity index is 1.72. The van der Waals surface area contributed by atoms with Crippen molar-refractivity contribution in [1.29, 1.82) is 0 Å². The Morgan fingerprint density at radius 1 is 1.39 bits per heavy atom. The molecule has 3 heterocycles. The zero-order valence-electron chi connectivity index (χ0n) is 16.6. The molecule has 0 aliphatic carbocycles. The van der Waals surface area contributed by atoms with Crippen LogP contribution in [0.1, 0.15) is 52.3 Å². The van der Waals surface area contributed by atoms with Crippen molar-refractivity contribution in [2.75, 3.05) is 12.3 Å². The molecule has 0 aromatic carbocycles. The average Bonchev–Trinajstić information content (AvgIpc) is 3.14. The van der Waals surface area contributed by atoms with Crippen molar-refractivity contribution in [3.05, 3.63) is 24.2 Å². The van der Waals surface area contributed by atoms with Crippen LogP contribution in [0.15, 0.2) is 18.5 Å². The summed E-state index contributed by atoms with van der Waals surface area (Å²) in [4.78, 5) is 16.0. The van der Waals surface area contributed by atoms with Crippen molar-refractivity contribution in [3.63, 3.8) is 0 Å². The van der Waals surface area contributed by atoms with Crippen LogP contribution in [0.2, 0.25) is 0 Å². The predicted molar refractivity (Wildman–Crippen MR) is 101 cm³/mol. The van der Waals surface area contributed by atoms with E-state index in [1.807, 2.05) is 20.8 Å². The monoisotopic (exact) mass is 392 g/mol. The van der Waals surface area contributed by atoms with Gasteiger partial charge in [0, 0.05) is 6.42 Å². The summed E-state index contributed by atoms with van der Waals surface area (Å²) in [5, 5.41) is 25.3. The minimum atomic E-state index is -1.25. The van der Waals surface area contributed by atoms with Crippen LogP contribution in [-0.4, -0.2) is 55.2 Å². The lowest BCUT2D eigenvalue weighted by molar-refractivity contribution is -0.160. The number of nitrogen functional groups attached to an aromatic ring is 1. The zero-order valence-corrected chi connectivity index (χ0v) is 16.6. The van der Waals surface area contributed by atoms with Gasteiger partial charge in [0.05, 0.1) is 5.69 Å². The quantitative estimate of drug-likeness (QED) is 0.647. The van der Waals surface area contributed by atoms with Crippen LogP contribution in [0.3, 0.4) is 0 Å². The second-order valence-electron chi connectivity index (χ2n) is 8.71. The van der Waals surface area contributed by atoms with Gasteiger partial charge < -0.3 is 25.4 Å². The number of aliphatic hydroxyl groups is 2. The number of ether oxygens (including phenoxy) is 2. The van der Waals surface area contributed by atoms with Gasteiger partial charge in [-0.3, -0.25) is 4.79 Å². The molecule has 1 aliphatic rings. The molecular weight excluding hydrogens is 364 g/mol. The fourth-order valence-corrected chi connectivity index (χ4v) is 3.27. The highest BCUT2D eigenvalue weighted by atomic mass is 16.6. The van der Waals surface area contributed by atoms with E-state index >= 15 is 0 Å². The third-order valence-corrected chi connectivity index (χ3v) is 5.06. The van der Waals surface area contributed by atoms with E-state index in [0.717, 1.165) is 0 Å². The van der Waals surface area contributed by atoms with Crippen molar-refractivity contribution >= 4 is 17.3 Å². The Bertz CT molecular complexity index is 862. The van der Waals surface area contributed by atoms with E-state index < -0.39 is 23.9 Å². The second-order valence-corrected chi connectivity index (χ2v) is 8.71. The fraction of sp³-hybridized carbons (Fsp3) is 0.632. The summed E-state index contributed by atoms with van der Waals surface area (Å²) >= 11 is 0. The van der Waals surface area contributed by atoms with E-state index in [9.17, 15) is 15.0 Å². The second kappa shape index (κ2) is 7.31. The lowest BCUT2D eigenvalue weighted by Gasteiger charge is -2.27. The number of aromatic nitrogens is 3. The van der Waals surface area contributed by atoms with Gasteiger partial charge in [0.15, 0.2) is 5.82 Å². The molecule has 0 saturated carbocycles. The molecule has 9 nitrogen and oxygen atoms in total. The lowest BCUT2D eigenvalue weighted by Crippen LogP contribution is -2.44. The summed E-state index contributed by atoms with van der Waals surface area (Å²) < 4.78 is 12.8. The highest BCUT2D eigenvalue weighted by molar-refractivity contribution is 5.69. The first kappa shape index (κ1) is 20.5. The Kier molecular flexibility index (Phi) is 5.35. The summed E-state index contributed by atoms with van der Waals surface area (Å²) in [5.41, 5.74) is 5.72. The standard InChI is InChI=1S/C19H28N4O5/c1-18(2,3)8-7-13(24)27-9-19(4)16(26)14(25)15(28-19)11-5-6-12-17(20)21-10-22-23(11)12/h5-6,10,14-16,25-26H,7-9H2,1-4H3,(H2,20,21,22)/t14-,15-,16-,19+/m0/s1. The maximum absolute atomic E-state index is 12.0. The molecular formula is C19H28N4O5. The van der Waals surface area contributed by atoms with Gasteiger partial charge in [-0.15, -0.1) is 0 Å². The van der Waals surface area contributed by atoms with Gasteiger partial charge in [0.25, 0.3) is 0 Å². The number of rotatable bonds is 5. The summed E-state index contributed by atoms with van der Waals surface area (Å²) in [6.07, 6.45) is -1.04. The Labute approximate surface area is 163 Å². The lowest BCUT2D eigenvalue weighted by atomic mass is 9.91. The summed E-state index contributed by atoms with van der Waals surface area (Å²) in [6.45, 7) is 7.59. The molecule has 0 radical (unpaired) electrons. The minimum absolute atomic E-state index is 0.0212. The molecule has 0 bridgehead atoms. The number of nitrogens with zero attached hydrogens (tertiary/aromatic N) is 3. The van der Waals surface area contributed by atoms with Crippen LogP contribution in [0.25, 0.3) is 5.52 Å². The van der Waals surface area contributed by atoms with E-state index in [1.165, 1.54) is 10.8 Å². The highest BCUT2D eigenvalue weighted by Crippen LogP contribution is 2.40. The van der Waals surface area contributed by atoms with Crippen LogP contribution in [0.5, 0.6) is 0 Å². The summed E-state index contributed by atoms with van der Waals surface area (Å²) in [6, 6.07) is 3.43. The first-order valence-electron chi connectivity index (χ1n) is 9.29. The van der Waals surface area contributed by atoms with Crippen LogP contribution in [0.4, 0.5) is 5.82 Å². The number of anilines is 1. The predicted octanol–water partition coefficient (Wildman–Crippen LogP) is 1.23. The van der Waals surface area contributed by atoms with Gasteiger partial charge in [-0.05, 0) is 30.9 Å². The molecule has 9 heteroatoms. The number of fused-ring (bicyclic) bond motifs is 1. The van der Waals surface area contributed by atoms with Gasteiger partial charge in [0.1, 0.15) is 42.4 Å². The van der Waals surface area contributed by atoms with Crippen molar-refractivity contribution in [1.82, 2.24) is 14.6 Å². The molecule has 0 spiro atoms. The van der Waals surface area contributed by atoms with Gasteiger partial charge in [-0.2, -0.15) is 5.10 Å². The van der Waals surface area contributed by atoms with Crippen LogP contribution >= 0.6 is 0 Å². The molecule has 1 aliphatic heterocycles. The molecule has 154 valence electrons. The van der Waals surface area contributed by atoms with Crippen LogP contribution in [-0.2, 0) is 14.3 Å². The number of esters is 1. The molecule has 3 rings (SSSR count). The topological polar surface area (TPSA) is 132 Å². The highest BCUT2D eigenvalue weighted by Gasteiger charge is 2.53. The fourth-order valence-electron chi connectivity index (χ4n) is 3.27. The molecule has 2 aromatic rings. The van der Waals surface area contributed by atoms with E-state index in [-0.39, 0.29) is 24.4 Å². The zero-order chi connectivity index (χ0) is 20.7. The number of carbonyl (C=O) groups excluding carboxylic acids is 1. The van der Waals surface area contributed by atoms with E-state index in [4.69, 9.17) is 15.2 Å². The molecule has 4 N–H and O–H groups in total. The van der Waals surface area contributed by atoms with Crippen molar-refractivity contribution < 1.29 is 24.5 Å². The van der Waals surface area contributed by atoms with Crippen molar-refractivity contribution in [2.24, 2.45) is 5.41 Å². The molecule has 0 amide bonds. The number of carbonyl (C=O) groups is 1. The van der Waals surface area contributed by atoms with Gasteiger partial charge in [-0.1, -0.05) is 20.8 Å². The molecule has 1 saturated heterocycles. The maximum atomic E-state index is 12.0. The number of hydrogen-bond donors (Lipinski definition) is 3. The first-order valence-corrected chi connectivity index (χ1v) is 9.29. The largest absolute Gasteiger partial charge is 0.462 e. The number of aliphatic hydroxyl groups excluding tert-OH is 2. The Morgan fingerprint density at radius 2 is 2.11 bits per heavy atom. The van der Waals surface area contributed by atoms with Crippen molar-refractivity contribution in [2.45, 2.75) is 64.4 Å². The molecule has 1 fully saturated rings. The molecule has 0 unspecified atom stereocenters. The Hall–Kier alpha value is -2.23. The average molecular weight is 392 g/mol. The maximum Gasteiger partial charge on any atom is 0.305 e. The summed E-state index contributed by atoms with van der Waals surface area (Å²) in [7, 11) is 0. The third kappa shape index (κ3) is 3.96.